The van der Waals surface area contributed by atoms with Gasteiger partial charge in [-0.1, -0.05) is 25.1 Å². The van der Waals surface area contributed by atoms with E-state index in [1.807, 2.05) is 17.9 Å². The van der Waals surface area contributed by atoms with Crippen LogP contribution in [0.3, 0.4) is 0 Å². The molecule has 11 heteroatoms. The third kappa shape index (κ3) is 4.48. The first-order chi connectivity index (χ1) is 17.8. The van der Waals surface area contributed by atoms with Crippen molar-refractivity contribution >= 4 is 35.1 Å². The van der Waals surface area contributed by atoms with Crippen LogP contribution >= 0.6 is 11.6 Å². The van der Waals surface area contributed by atoms with E-state index in [0.29, 0.717) is 74.5 Å². The monoisotopic (exact) mass is 526 g/mol. The number of nitrogens with two attached hydrogens (primary N) is 1. The van der Waals surface area contributed by atoms with E-state index in [4.69, 9.17) is 31.8 Å². The average Bonchev–Trinajstić information content (AvgIpc) is 3.06. The van der Waals surface area contributed by atoms with Gasteiger partial charge in [0, 0.05) is 32.7 Å². The number of aryl methyl sites for hydroxylation is 1. The van der Waals surface area contributed by atoms with Gasteiger partial charge >= 0.3 is 0 Å². The third-order valence-corrected chi connectivity index (χ3v) is 7.61. The van der Waals surface area contributed by atoms with Crippen LogP contribution in [0.1, 0.15) is 28.4 Å². The van der Waals surface area contributed by atoms with Crippen molar-refractivity contribution in [2.45, 2.75) is 26.3 Å². The Hall–Kier alpha value is -3.37. The topological polar surface area (TPSA) is 114 Å². The number of fused-ring (bicyclic) bond motifs is 2. The highest BCUT2D eigenvalue weighted by Crippen LogP contribution is 2.44. The van der Waals surface area contributed by atoms with Crippen molar-refractivity contribution in [1.82, 2.24) is 19.8 Å². The zero-order valence-electron chi connectivity index (χ0n) is 21.1. The number of amides is 2. The number of anilines is 2. The molecule has 3 aliphatic heterocycles. The van der Waals surface area contributed by atoms with Gasteiger partial charge in [0.05, 0.1) is 24.9 Å². The predicted molar refractivity (Wildman–Crippen MR) is 141 cm³/mol. The molecule has 0 spiro atoms. The number of nitrogens with zero attached hydrogens (tertiary/aromatic N) is 5. The molecule has 2 aromatic rings. The summed E-state index contributed by atoms with van der Waals surface area (Å²) in [5.41, 5.74) is 9.45. The summed E-state index contributed by atoms with van der Waals surface area (Å²) in [4.78, 5) is 41.3. The number of ether oxygens (including phenoxy) is 2. The molecule has 5 rings (SSSR count). The predicted octanol–water partition coefficient (Wildman–Crippen LogP) is 2.32. The summed E-state index contributed by atoms with van der Waals surface area (Å²) in [6, 6.07) is 1.53. The fourth-order valence-corrected chi connectivity index (χ4v) is 5.50. The Morgan fingerprint density at radius 3 is 2.70 bits per heavy atom. The number of hydrogen-bond acceptors (Lipinski definition) is 8. The molecular formula is C26H31ClN6O4. The summed E-state index contributed by atoms with van der Waals surface area (Å²) in [7, 11) is 0. The number of nitrogen functional groups attached to an aromatic ring is 1. The molecule has 196 valence electrons. The molecule has 2 N–H and O–H groups in total. The van der Waals surface area contributed by atoms with Crippen molar-refractivity contribution in [3.63, 3.8) is 0 Å². The second-order valence-electron chi connectivity index (χ2n) is 9.39. The second-order valence-corrected chi connectivity index (χ2v) is 9.76. The Bertz CT molecular complexity index is 1260. The highest BCUT2D eigenvalue weighted by atomic mass is 35.5. The van der Waals surface area contributed by atoms with E-state index in [1.165, 1.54) is 6.08 Å². The number of aromatic nitrogens is 2. The molecule has 2 saturated heterocycles. The van der Waals surface area contributed by atoms with Gasteiger partial charge in [0.2, 0.25) is 5.91 Å². The molecule has 10 nitrogen and oxygen atoms in total. The van der Waals surface area contributed by atoms with Crippen molar-refractivity contribution < 1.29 is 19.1 Å². The fraction of sp³-hybridized carbons (Fsp3) is 0.462. The van der Waals surface area contributed by atoms with Gasteiger partial charge in [0.1, 0.15) is 34.5 Å². The van der Waals surface area contributed by atoms with Gasteiger partial charge in [0.25, 0.3) is 5.91 Å². The van der Waals surface area contributed by atoms with Crippen LogP contribution in [0.4, 0.5) is 11.6 Å². The Balaban J connectivity index is 1.66. The van der Waals surface area contributed by atoms with Gasteiger partial charge < -0.3 is 29.9 Å². The first-order valence-electron chi connectivity index (χ1n) is 12.5. The first-order valence-corrected chi connectivity index (χ1v) is 12.9. The van der Waals surface area contributed by atoms with Crippen LogP contribution in [-0.2, 0) is 16.0 Å². The lowest BCUT2D eigenvalue weighted by molar-refractivity contribution is -0.128. The summed E-state index contributed by atoms with van der Waals surface area (Å²) in [5, 5.41) is 0.225. The summed E-state index contributed by atoms with van der Waals surface area (Å²) in [6.45, 7) is 11.1. The van der Waals surface area contributed by atoms with Gasteiger partial charge in [-0.3, -0.25) is 9.59 Å². The fourth-order valence-electron chi connectivity index (χ4n) is 5.22. The van der Waals surface area contributed by atoms with E-state index in [-0.39, 0.29) is 35.2 Å². The summed E-state index contributed by atoms with van der Waals surface area (Å²) < 4.78 is 11.8. The molecule has 2 fully saturated rings. The molecule has 0 radical (unpaired) electrons. The zero-order chi connectivity index (χ0) is 26.3. The quantitative estimate of drug-likeness (QED) is 0.604. The molecule has 0 aliphatic carbocycles. The number of carbonyl (C=O) groups is 2. The lowest BCUT2D eigenvalue weighted by atomic mass is 10.0. The van der Waals surface area contributed by atoms with Gasteiger partial charge in [-0.25, -0.2) is 9.97 Å². The minimum absolute atomic E-state index is 0.167. The van der Waals surface area contributed by atoms with Gasteiger partial charge in [0.15, 0.2) is 5.75 Å². The zero-order valence-corrected chi connectivity index (χ0v) is 21.9. The SMILES string of the molecule is C=CC(=O)N1CCN2C(=O)c3c(N4CCOCC4)nc(-c4nc(N)cc(CC)c4C)c(Cl)c3OC[C@H]2C1. The molecular weight excluding hydrogens is 496 g/mol. The van der Waals surface area contributed by atoms with Crippen LogP contribution in [0.25, 0.3) is 11.4 Å². The Morgan fingerprint density at radius 2 is 2.00 bits per heavy atom. The Labute approximate surface area is 221 Å². The normalized spacial score (nSPS) is 19.6. The number of rotatable bonds is 4. The van der Waals surface area contributed by atoms with E-state index in [0.717, 1.165) is 17.5 Å². The molecule has 3 aliphatic rings. The van der Waals surface area contributed by atoms with Gasteiger partial charge in [-0.05, 0) is 36.6 Å². The largest absolute Gasteiger partial charge is 0.489 e. The first kappa shape index (κ1) is 25.3. The maximum atomic E-state index is 14.0. The number of piperazine rings is 1. The van der Waals surface area contributed by atoms with Crippen LogP contribution in [-0.4, -0.2) is 90.2 Å². The molecule has 1 atom stereocenters. The van der Waals surface area contributed by atoms with E-state index in [9.17, 15) is 9.59 Å². The van der Waals surface area contributed by atoms with Gasteiger partial charge in [-0.2, -0.15) is 0 Å². The molecule has 0 bridgehead atoms. The smallest absolute Gasteiger partial charge is 0.261 e. The lowest BCUT2D eigenvalue weighted by Gasteiger charge is -2.39. The van der Waals surface area contributed by atoms with Crippen molar-refractivity contribution in [2.24, 2.45) is 0 Å². The van der Waals surface area contributed by atoms with Crippen LogP contribution in [0.5, 0.6) is 5.75 Å². The number of pyridine rings is 2. The maximum Gasteiger partial charge on any atom is 0.261 e. The maximum absolute atomic E-state index is 14.0. The van der Waals surface area contributed by atoms with E-state index in [2.05, 4.69) is 18.5 Å². The third-order valence-electron chi connectivity index (χ3n) is 7.26. The molecule has 0 saturated carbocycles. The summed E-state index contributed by atoms with van der Waals surface area (Å²) >= 11 is 6.97. The van der Waals surface area contributed by atoms with E-state index >= 15 is 0 Å². The van der Waals surface area contributed by atoms with Crippen molar-refractivity contribution in [1.29, 1.82) is 0 Å². The average molecular weight is 527 g/mol. The lowest BCUT2D eigenvalue weighted by Crippen LogP contribution is -2.57. The Morgan fingerprint density at radius 1 is 1.24 bits per heavy atom. The number of hydrogen-bond donors (Lipinski definition) is 1. The molecule has 2 amide bonds. The number of morpholine rings is 1. The second kappa shape index (κ2) is 10.2. The highest BCUT2D eigenvalue weighted by Gasteiger charge is 2.40. The van der Waals surface area contributed by atoms with Crippen molar-refractivity contribution in [2.75, 3.05) is 63.2 Å². The van der Waals surface area contributed by atoms with Crippen LogP contribution < -0.4 is 15.4 Å². The highest BCUT2D eigenvalue weighted by molar-refractivity contribution is 6.35. The number of carbonyl (C=O) groups excluding carboxylic acids is 2. The molecule has 2 aromatic heterocycles. The molecule has 0 aromatic carbocycles. The minimum atomic E-state index is -0.325. The van der Waals surface area contributed by atoms with Crippen LogP contribution in [0.2, 0.25) is 5.02 Å². The number of halogens is 1. The Kier molecular flexibility index (Phi) is 6.96. The van der Waals surface area contributed by atoms with Crippen molar-refractivity contribution in [3.8, 4) is 17.1 Å². The standard InChI is InChI=1S/C26H31ClN6O4/c1-4-16-12-18(28)29-22(15(16)3)23-21(27)24-20(25(30-23)31-8-10-36-11-9-31)26(35)33-7-6-32(19(34)5-2)13-17(33)14-37-24/h5,12,17H,2,4,6-11,13-14H2,1,3H3,(H2,28,29)/t17-/m1/s1. The van der Waals surface area contributed by atoms with E-state index < -0.39 is 0 Å². The van der Waals surface area contributed by atoms with Gasteiger partial charge in [-0.15, -0.1) is 0 Å². The summed E-state index contributed by atoms with van der Waals surface area (Å²) in [6.07, 6.45) is 2.06. The van der Waals surface area contributed by atoms with E-state index in [1.54, 1.807) is 9.80 Å². The minimum Gasteiger partial charge on any atom is -0.489 e. The molecule has 5 heterocycles. The molecule has 0 unspecified atom stereocenters. The molecule has 37 heavy (non-hydrogen) atoms. The van der Waals surface area contributed by atoms with Crippen molar-refractivity contribution in [3.05, 3.63) is 40.4 Å². The van der Waals surface area contributed by atoms with Crippen LogP contribution in [0.15, 0.2) is 18.7 Å². The van der Waals surface area contributed by atoms with Crippen LogP contribution in [0, 0.1) is 6.92 Å². The summed E-state index contributed by atoms with van der Waals surface area (Å²) in [5.74, 6) is 0.779.